The van der Waals surface area contributed by atoms with Crippen molar-refractivity contribution in [1.29, 1.82) is 0 Å². The lowest BCUT2D eigenvalue weighted by molar-refractivity contribution is -0.131. The fourth-order valence-electron chi connectivity index (χ4n) is 2.92. The van der Waals surface area contributed by atoms with E-state index in [0.717, 1.165) is 5.56 Å². The molecule has 0 fully saturated rings. The normalized spacial score (nSPS) is 11.7. The predicted molar refractivity (Wildman–Crippen MR) is 129 cm³/mol. The quantitative estimate of drug-likeness (QED) is 0.197. The molecule has 33 heavy (non-hydrogen) atoms. The maximum Gasteiger partial charge on any atom is 0.365 e. The van der Waals surface area contributed by atoms with Crippen LogP contribution < -0.4 is 14.8 Å². The molecule has 0 unspecified atom stereocenters. The largest absolute Gasteiger partial charge is 0.422 e. The van der Waals surface area contributed by atoms with E-state index in [2.05, 4.69) is 13.2 Å². The van der Waals surface area contributed by atoms with E-state index in [4.69, 9.17) is 18.5 Å². The van der Waals surface area contributed by atoms with Crippen LogP contribution in [0.4, 0.5) is 0 Å². The molecule has 0 aliphatic heterocycles. The molecule has 0 aromatic heterocycles. The minimum atomic E-state index is -4.04. The first-order valence-electron chi connectivity index (χ1n) is 10.5. The van der Waals surface area contributed by atoms with Crippen molar-refractivity contribution < 1.29 is 32.7 Å². The van der Waals surface area contributed by atoms with Crippen molar-refractivity contribution in [3.8, 4) is 11.5 Å². The molecule has 178 valence electrons. The van der Waals surface area contributed by atoms with Crippen LogP contribution in [0.3, 0.4) is 0 Å². The van der Waals surface area contributed by atoms with E-state index in [1.807, 2.05) is 6.92 Å². The van der Waals surface area contributed by atoms with Crippen LogP contribution in [-0.4, -0.2) is 24.1 Å². The van der Waals surface area contributed by atoms with Crippen molar-refractivity contribution in [2.24, 2.45) is 0 Å². The molecule has 0 bridgehead atoms. The van der Waals surface area contributed by atoms with Crippen molar-refractivity contribution in [3.05, 3.63) is 54.1 Å². The fraction of sp³-hybridized carbons (Fsp3) is 0.360. The van der Waals surface area contributed by atoms with Gasteiger partial charge in [0.05, 0.1) is 12.2 Å². The Morgan fingerprint density at radius 3 is 1.85 bits per heavy atom. The lowest BCUT2D eigenvalue weighted by Crippen LogP contribution is -2.22. The van der Waals surface area contributed by atoms with Gasteiger partial charge in [-0.1, -0.05) is 30.9 Å². The zero-order valence-electron chi connectivity index (χ0n) is 20.2. The lowest BCUT2D eigenvalue weighted by Gasteiger charge is -2.26. The Morgan fingerprint density at radius 2 is 1.36 bits per heavy atom. The molecule has 0 atom stereocenters. The lowest BCUT2D eigenvalue weighted by atomic mass is 10.1. The molecule has 0 heterocycles. The summed E-state index contributed by atoms with van der Waals surface area (Å²) in [5.74, 6) is -1.24. The summed E-state index contributed by atoms with van der Waals surface area (Å²) in [6.45, 7) is 19.0. The SMILES string of the molecule is C=C(C)C(=O)Oc1cc(P(=O)(OC(C)C)OC(C)C)c(OC(=O)C(=C)C)c2ccc(C)cc12. The van der Waals surface area contributed by atoms with E-state index in [0.29, 0.717) is 10.8 Å². The molecule has 0 spiro atoms. The molecule has 0 aliphatic carbocycles. The number of hydrogen-bond donors (Lipinski definition) is 0. The van der Waals surface area contributed by atoms with Crippen molar-refractivity contribution in [2.45, 2.75) is 60.7 Å². The highest BCUT2D eigenvalue weighted by Crippen LogP contribution is 2.54. The van der Waals surface area contributed by atoms with Crippen LogP contribution in [0.25, 0.3) is 10.8 Å². The van der Waals surface area contributed by atoms with E-state index in [1.54, 1.807) is 45.9 Å². The molecule has 8 heteroatoms. The van der Waals surface area contributed by atoms with Gasteiger partial charge in [0.2, 0.25) is 0 Å². The van der Waals surface area contributed by atoms with E-state index in [-0.39, 0.29) is 27.9 Å². The fourth-order valence-corrected chi connectivity index (χ4v) is 5.00. The van der Waals surface area contributed by atoms with Gasteiger partial charge in [-0.25, -0.2) is 9.59 Å². The summed E-state index contributed by atoms with van der Waals surface area (Å²) in [7, 11) is -4.04. The zero-order valence-corrected chi connectivity index (χ0v) is 21.1. The van der Waals surface area contributed by atoms with E-state index >= 15 is 0 Å². The first-order chi connectivity index (χ1) is 15.2. The second-order valence-electron chi connectivity index (χ2n) is 8.42. The van der Waals surface area contributed by atoms with Gasteiger partial charge in [0, 0.05) is 28.0 Å². The number of aryl methyl sites for hydroxylation is 1. The highest BCUT2D eigenvalue weighted by molar-refractivity contribution is 7.62. The summed E-state index contributed by atoms with van der Waals surface area (Å²) in [5, 5.41) is 0.857. The maximum atomic E-state index is 14.1. The number of fused-ring (bicyclic) bond motifs is 1. The summed E-state index contributed by atoms with van der Waals surface area (Å²) in [5.41, 5.74) is 1.22. The van der Waals surface area contributed by atoms with Gasteiger partial charge in [-0.2, -0.15) is 0 Å². The number of rotatable bonds is 9. The molecule has 0 saturated heterocycles. The average Bonchev–Trinajstić information content (AvgIpc) is 2.67. The molecule has 0 aliphatic rings. The van der Waals surface area contributed by atoms with Gasteiger partial charge in [-0.05, 0) is 54.5 Å². The molecule has 0 amide bonds. The summed E-state index contributed by atoms with van der Waals surface area (Å²) in [4.78, 5) is 24.9. The molecule has 0 N–H and O–H groups in total. The maximum absolute atomic E-state index is 14.1. The highest BCUT2D eigenvalue weighted by Gasteiger charge is 2.37. The Kier molecular flexibility index (Phi) is 8.41. The Hall–Kier alpha value is -2.73. The van der Waals surface area contributed by atoms with Crippen LogP contribution >= 0.6 is 7.60 Å². The van der Waals surface area contributed by atoms with Gasteiger partial charge in [0.1, 0.15) is 11.1 Å². The molecule has 7 nitrogen and oxygen atoms in total. The molecular weight excluding hydrogens is 443 g/mol. The number of hydrogen-bond acceptors (Lipinski definition) is 7. The molecular formula is C25H31O7P. The summed E-state index contributed by atoms with van der Waals surface area (Å²) < 4.78 is 36.8. The van der Waals surface area contributed by atoms with Crippen LogP contribution in [0.5, 0.6) is 11.5 Å². The van der Waals surface area contributed by atoms with Gasteiger partial charge in [-0.3, -0.25) is 4.57 Å². The second-order valence-corrected chi connectivity index (χ2v) is 10.3. The monoisotopic (exact) mass is 474 g/mol. The third-order valence-electron chi connectivity index (χ3n) is 4.27. The van der Waals surface area contributed by atoms with Gasteiger partial charge in [-0.15, -0.1) is 0 Å². The first kappa shape index (κ1) is 26.5. The second kappa shape index (κ2) is 10.5. The minimum Gasteiger partial charge on any atom is -0.422 e. The van der Waals surface area contributed by atoms with Crippen molar-refractivity contribution in [2.75, 3.05) is 0 Å². The summed E-state index contributed by atoms with van der Waals surface area (Å²) in [6, 6.07) is 6.64. The third kappa shape index (κ3) is 6.41. The Bertz CT molecular complexity index is 1150. The number of benzene rings is 2. The zero-order chi connectivity index (χ0) is 25.1. The van der Waals surface area contributed by atoms with Gasteiger partial charge in [0.15, 0.2) is 5.75 Å². The highest BCUT2D eigenvalue weighted by atomic mass is 31.2. The topological polar surface area (TPSA) is 88.1 Å². The molecule has 2 aromatic rings. The molecule has 0 saturated carbocycles. The van der Waals surface area contributed by atoms with Crippen LogP contribution in [0.2, 0.25) is 0 Å². The van der Waals surface area contributed by atoms with Crippen LogP contribution in [0, 0.1) is 6.92 Å². The van der Waals surface area contributed by atoms with E-state index in [1.165, 1.54) is 19.9 Å². The summed E-state index contributed by atoms with van der Waals surface area (Å²) in [6.07, 6.45) is -0.955. The minimum absolute atomic E-state index is 0.00208. The number of carbonyl (C=O) groups excluding carboxylic acids is 2. The standard InChI is InChI=1S/C25H31O7P/c1-14(2)24(26)29-21-13-22(33(28,31-16(5)6)32-17(7)8)23(30-25(27)15(3)4)19-11-10-18(9)12-20(19)21/h10-13,16-17H,1,3H2,2,4-9H3. The van der Waals surface area contributed by atoms with E-state index < -0.39 is 31.7 Å². The van der Waals surface area contributed by atoms with Gasteiger partial charge >= 0.3 is 19.5 Å². The van der Waals surface area contributed by atoms with Gasteiger partial charge in [0.25, 0.3) is 0 Å². The molecule has 2 rings (SSSR count). The summed E-state index contributed by atoms with van der Waals surface area (Å²) >= 11 is 0. The number of esters is 2. The average molecular weight is 474 g/mol. The van der Waals surface area contributed by atoms with Crippen molar-refractivity contribution in [3.63, 3.8) is 0 Å². The van der Waals surface area contributed by atoms with Crippen molar-refractivity contribution >= 4 is 35.6 Å². The predicted octanol–water partition coefficient (Wildman–Crippen LogP) is 5.78. The Morgan fingerprint density at radius 1 is 0.848 bits per heavy atom. The molecule has 0 radical (unpaired) electrons. The van der Waals surface area contributed by atoms with Crippen molar-refractivity contribution in [1.82, 2.24) is 0 Å². The number of ether oxygens (including phenoxy) is 2. The van der Waals surface area contributed by atoms with Crippen LogP contribution in [-0.2, 0) is 23.2 Å². The van der Waals surface area contributed by atoms with Crippen LogP contribution in [0.15, 0.2) is 48.6 Å². The first-order valence-corrected chi connectivity index (χ1v) is 12.1. The van der Waals surface area contributed by atoms with E-state index in [9.17, 15) is 14.2 Å². The smallest absolute Gasteiger partial charge is 0.365 e. The van der Waals surface area contributed by atoms with Crippen LogP contribution in [0.1, 0.15) is 47.1 Å². The Labute approximate surface area is 194 Å². The van der Waals surface area contributed by atoms with Gasteiger partial charge < -0.3 is 18.5 Å². The molecule has 2 aromatic carbocycles. The number of carbonyl (C=O) groups is 2. The third-order valence-corrected chi connectivity index (χ3v) is 6.59. The Balaban J connectivity index is 2.97.